The van der Waals surface area contributed by atoms with Crippen molar-refractivity contribution in [2.24, 2.45) is 5.14 Å². The molecule has 1 aliphatic carbocycles. The first kappa shape index (κ1) is 22.0. The summed E-state index contributed by atoms with van der Waals surface area (Å²) in [6, 6.07) is 15.6. The number of hydrogen-bond acceptors (Lipinski definition) is 6. The highest BCUT2D eigenvalue weighted by Gasteiger charge is 2.21. The molecule has 4 aromatic rings. The van der Waals surface area contributed by atoms with Crippen LogP contribution in [-0.4, -0.2) is 39.3 Å². The van der Waals surface area contributed by atoms with Gasteiger partial charge in [0.25, 0.3) is 5.91 Å². The maximum Gasteiger partial charge on any atom is 0.291 e. The number of aryl methyl sites for hydroxylation is 1. The van der Waals surface area contributed by atoms with E-state index in [1.165, 1.54) is 17.7 Å². The molecule has 11 heteroatoms. The Balaban J connectivity index is 1.42. The van der Waals surface area contributed by atoms with Crippen LogP contribution < -0.4 is 10.5 Å². The molecular formula is C23H23N7O3S. The molecule has 5 rings (SSSR count). The second kappa shape index (κ2) is 8.84. The monoisotopic (exact) mass is 477 g/mol. The maximum atomic E-state index is 12.9. The highest BCUT2D eigenvalue weighted by Crippen LogP contribution is 2.22. The molecule has 0 aliphatic heterocycles. The summed E-state index contributed by atoms with van der Waals surface area (Å²) in [5.41, 5.74) is 4.72. The van der Waals surface area contributed by atoms with E-state index >= 15 is 0 Å². The van der Waals surface area contributed by atoms with Crippen LogP contribution in [0.3, 0.4) is 0 Å². The average molecular weight is 478 g/mol. The number of primary sulfonamides is 1. The maximum absolute atomic E-state index is 12.9. The van der Waals surface area contributed by atoms with Crippen molar-refractivity contribution in [3.05, 3.63) is 88.8 Å². The summed E-state index contributed by atoms with van der Waals surface area (Å²) in [4.78, 5) is 17.4. The molecule has 0 atom stereocenters. The third-order valence-electron chi connectivity index (χ3n) is 5.80. The lowest BCUT2D eigenvalue weighted by molar-refractivity contribution is 0.0940. The molecule has 0 radical (unpaired) electrons. The number of rotatable bonds is 7. The van der Waals surface area contributed by atoms with Crippen molar-refractivity contribution in [3.63, 3.8) is 0 Å². The van der Waals surface area contributed by atoms with Gasteiger partial charge in [-0.2, -0.15) is 5.10 Å². The molecule has 0 saturated carbocycles. The molecule has 0 fully saturated rings. The molecule has 0 spiro atoms. The Morgan fingerprint density at radius 2 is 1.85 bits per heavy atom. The number of sulfonamides is 1. The van der Waals surface area contributed by atoms with Crippen LogP contribution in [0.1, 0.15) is 45.4 Å². The molecule has 4 N–H and O–H groups in total. The number of carbonyl (C=O) groups excluding carboxylic acids is 1. The van der Waals surface area contributed by atoms with Gasteiger partial charge in [-0.15, -0.1) is 5.10 Å². The third kappa shape index (κ3) is 4.47. The van der Waals surface area contributed by atoms with Crippen LogP contribution in [0.4, 0.5) is 0 Å². The number of nitrogens with one attached hydrogen (secondary N) is 2. The van der Waals surface area contributed by atoms with Gasteiger partial charge < -0.3 is 5.32 Å². The van der Waals surface area contributed by atoms with Gasteiger partial charge in [-0.1, -0.05) is 30.3 Å². The van der Waals surface area contributed by atoms with Crippen molar-refractivity contribution >= 4 is 15.9 Å². The topological polar surface area (TPSA) is 149 Å². The molecular weight excluding hydrogens is 454 g/mol. The zero-order valence-electron chi connectivity index (χ0n) is 18.2. The minimum absolute atomic E-state index is 0.00882. The molecule has 1 aliphatic rings. The van der Waals surface area contributed by atoms with Gasteiger partial charge in [-0.05, 0) is 54.7 Å². The van der Waals surface area contributed by atoms with E-state index in [1.807, 2.05) is 30.3 Å². The Labute approximate surface area is 196 Å². The lowest BCUT2D eigenvalue weighted by Crippen LogP contribution is -2.25. The smallest absolute Gasteiger partial charge is 0.291 e. The van der Waals surface area contributed by atoms with E-state index in [2.05, 4.69) is 25.6 Å². The van der Waals surface area contributed by atoms with E-state index in [0.29, 0.717) is 17.9 Å². The molecule has 1 amide bonds. The average Bonchev–Trinajstić information content (AvgIpc) is 3.54. The summed E-state index contributed by atoms with van der Waals surface area (Å²) >= 11 is 0. The predicted octanol–water partition coefficient (Wildman–Crippen LogP) is 1.65. The Hall–Kier alpha value is -3.83. The van der Waals surface area contributed by atoms with Gasteiger partial charge in [0.2, 0.25) is 15.8 Å². The number of nitrogens with two attached hydrogens (primary N) is 1. The number of hydrogen-bond donors (Lipinski definition) is 3. The van der Waals surface area contributed by atoms with Crippen LogP contribution in [0, 0.1) is 0 Å². The molecule has 174 valence electrons. The van der Waals surface area contributed by atoms with E-state index in [9.17, 15) is 13.2 Å². The largest absolute Gasteiger partial charge is 0.344 e. The summed E-state index contributed by atoms with van der Waals surface area (Å²) in [5.74, 6) is 0.151. The van der Waals surface area contributed by atoms with Crippen molar-refractivity contribution in [2.75, 3.05) is 0 Å². The number of amides is 1. The van der Waals surface area contributed by atoms with Crippen LogP contribution in [0.25, 0.3) is 5.69 Å². The highest BCUT2D eigenvalue weighted by atomic mass is 32.2. The first-order valence-electron chi connectivity index (χ1n) is 10.8. The van der Waals surface area contributed by atoms with Crippen LogP contribution in [0.15, 0.2) is 59.5 Å². The number of nitrogens with zero attached hydrogens (tertiary/aromatic N) is 4. The zero-order valence-corrected chi connectivity index (χ0v) is 19.0. The Morgan fingerprint density at radius 1 is 1.09 bits per heavy atom. The van der Waals surface area contributed by atoms with Gasteiger partial charge in [-0.25, -0.2) is 23.2 Å². The lowest BCUT2D eigenvalue weighted by atomic mass is 10.1. The number of benzene rings is 2. The molecule has 2 heterocycles. The molecule has 0 unspecified atom stereocenters. The molecule has 34 heavy (non-hydrogen) atoms. The summed E-state index contributed by atoms with van der Waals surface area (Å²) in [6.07, 6.45) is 3.46. The van der Waals surface area contributed by atoms with E-state index in [4.69, 9.17) is 5.14 Å². The minimum atomic E-state index is -3.82. The van der Waals surface area contributed by atoms with Gasteiger partial charge in [0.1, 0.15) is 5.82 Å². The first-order valence-corrected chi connectivity index (χ1v) is 12.4. The number of aromatic amines is 1. The molecule has 2 aromatic heterocycles. The fourth-order valence-electron chi connectivity index (χ4n) is 4.09. The van der Waals surface area contributed by atoms with E-state index in [1.54, 1.807) is 16.8 Å². The Morgan fingerprint density at radius 3 is 2.59 bits per heavy atom. The van der Waals surface area contributed by atoms with Crippen LogP contribution in [0.5, 0.6) is 0 Å². The first-order chi connectivity index (χ1) is 16.4. The van der Waals surface area contributed by atoms with Crippen molar-refractivity contribution in [3.8, 4) is 5.69 Å². The summed E-state index contributed by atoms with van der Waals surface area (Å²) in [6.45, 7) is 0.288. The molecule has 0 bridgehead atoms. The second-order valence-electron chi connectivity index (χ2n) is 8.13. The third-order valence-corrected chi connectivity index (χ3v) is 6.73. The Kier molecular flexibility index (Phi) is 5.72. The van der Waals surface area contributed by atoms with E-state index < -0.39 is 15.9 Å². The normalized spacial score (nSPS) is 13.1. The van der Waals surface area contributed by atoms with Gasteiger partial charge >= 0.3 is 0 Å². The molecule has 10 nitrogen and oxygen atoms in total. The molecule has 2 aromatic carbocycles. The van der Waals surface area contributed by atoms with Crippen molar-refractivity contribution in [1.29, 1.82) is 0 Å². The van der Waals surface area contributed by atoms with Crippen LogP contribution >= 0.6 is 0 Å². The molecule has 0 saturated heterocycles. The van der Waals surface area contributed by atoms with Gasteiger partial charge in [0.05, 0.1) is 22.8 Å². The number of fused-ring (bicyclic) bond motifs is 1. The summed E-state index contributed by atoms with van der Waals surface area (Å²) in [7, 11) is -3.82. The second-order valence-corrected chi connectivity index (χ2v) is 9.69. The SMILES string of the molecule is NS(=O)(=O)c1ccc(-n2nc(C(=O)NCc3n[nH]c4c3CCC4)nc2Cc2ccccc2)cc1. The fourth-order valence-corrected chi connectivity index (χ4v) is 4.61. The fraction of sp³-hybridized carbons (Fsp3) is 0.217. The van der Waals surface area contributed by atoms with Gasteiger partial charge in [0.15, 0.2) is 0 Å². The Bertz CT molecular complexity index is 1440. The van der Waals surface area contributed by atoms with E-state index in [-0.39, 0.29) is 17.3 Å². The quantitative estimate of drug-likeness (QED) is 0.368. The van der Waals surface area contributed by atoms with Gasteiger partial charge in [0, 0.05) is 12.1 Å². The zero-order chi connectivity index (χ0) is 23.7. The summed E-state index contributed by atoms with van der Waals surface area (Å²) in [5, 5.41) is 19.8. The van der Waals surface area contributed by atoms with Crippen molar-refractivity contribution in [1.82, 2.24) is 30.3 Å². The summed E-state index contributed by atoms with van der Waals surface area (Å²) < 4.78 is 24.8. The van der Waals surface area contributed by atoms with Crippen LogP contribution in [0.2, 0.25) is 0 Å². The highest BCUT2D eigenvalue weighted by molar-refractivity contribution is 7.89. The number of H-pyrrole nitrogens is 1. The van der Waals surface area contributed by atoms with E-state index in [0.717, 1.165) is 36.2 Å². The standard InChI is InChI=1S/C23H23N7O3S/c24-34(32,33)17-11-9-16(10-12-17)30-21(13-15-5-2-1-3-6-15)26-22(29-30)23(31)25-14-20-18-7-4-8-19(18)27-28-20/h1-3,5-6,9-12H,4,7-8,13-14H2,(H,25,31)(H,27,28)(H2,24,32,33). The van der Waals surface area contributed by atoms with Crippen molar-refractivity contribution in [2.45, 2.75) is 37.1 Å². The van der Waals surface area contributed by atoms with Crippen molar-refractivity contribution < 1.29 is 13.2 Å². The minimum Gasteiger partial charge on any atom is -0.344 e. The van der Waals surface area contributed by atoms with Crippen LogP contribution in [-0.2, 0) is 35.8 Å². The predicted molar refractivity (Wildman–Crippen MR) is 124 cm³/mol. The number of carbonyl (C=O) groups is 1. The van der Waals surface area contributed by atoms with Gasteiger partial charge in [-0.3, -0.25) is 9.89 Å². The number of aromatic nitrogens is 5. The lowest BCUT2D eigenvalue weighted by Gasteiger charge is -2.07.